The molecule has 5 nitrogen and oxygen atoms in total. The van der Waals surface area contributed by atoms with Crippen LogP contribution in [0.2, 0.25) is 5.02 Å². The predicted molar refractivity (Wildman–Crippen MR) is 100 cm³/mol. The van der Waals surface area contributed by atoms with E-state index >= 15 is 0 Å². The van der Waals surface area contributed by atoms with Crippen LogP contribution in [0.25, 0.3) is 0 Å². The van der Waals surface area contributed by atoms with E-state index in [9.17, 15) is 9.59 Å². The van der Waals surface area contributed by atoms with Crippen LogP contribution < -0.4 is 10.5 Å². The van der Waals surface area contributed by atoms with Gasteiger partial charge in [0.05, 0.1) is 0 Å². The highest BCUT2D eigenvalue weighted by Gasteiger charge is 2.26. The molecule has 136 valence electrons. The summed E-state index contributed by atoms with van der Waals surface area (Å²) in [6.45, 7) is 1.46. The minimum Gasteiger partial charge on any atom is -0.489 e. The number of hydrogen-bond acceptors (Lipinski definition) is 3. The number of nitrogens with zero attached hydrogens (tertiary/aromatic N) is 1. The smallest absolute Gasteiger partial charge is 0.253 e. The Morgan fingerprint density at radius 3 is 2.54 bits per heavy atom. The maximum Gasteiger partial charge on any atom is 0.253 e. The fourth-order valence-electron chi connectivity index (χ4n) is 3.06. The molecule has 0 atom stereocenters. The average molecular weight is 373 g/mol. The monoisotopic (exact) mass is 372 g/mol. The molecule has 0 spiro atoms. The second kappa shape index (κ2) is 8.23. The van der Waals surface area contributed by atoms with Crippen molar-refractivity contribution in [1.29, 1.82) is 0 Å². The molecule has 2 aromatic rings. The van der Waals surface area contributed by atoms with Crippen LogP contribution in [0.3, 0.4) is 0 Å². The summed E-state index contributed by atoms with van der Waals surface area (Å²) in [5, 5.41) is 0.661. The third-order valence-corrected chi connectivity index (χ3v) is 4.80. The maximum atomic E-state index is 12.7. The van der Waals surface area contributed by atoms with E-state index in [1.807, 2.05) is 30.3 Å². The number of rotatable bonds is 5. The predicted octanol–water partition coefficient (Wildman–Crippen LogP) is 3.26. The van der Waals surface area contributed by atoms with Crippen LogP contribution in [0.4, 0.5) is 0 Å². The molecule has 3 rings (SSSR count). The van der Waals surface area contributed by atoms with Crippen molar-refractivity contribution in [2.45, 2.75) is 19.4 Å². The highest BCUT2D eigenvalue weighted by atomic mass is 35.5. The van der Waals surface area contributed by atoms with E-state index in [0.717, 1.165) is 5.56 Å². The van der Waals surface area contributed by atoms with Gasteiger partial charge in [-0.1, -0.05) is 29.8 Å². The van der Waals surface area contributed by atoms with Crippen molar-refractivity contribution < 1.29 is 14.3 Å². The third-order valence-electron chi connectivity index (χ3n) is 4.56. The van der Waals surface area contributed by atoms with Crippen molar-refractivity contribution in [2.75, 3.05) is 13.1 Å². The van der Waals surface area contributed by atoms with Crippen molar-refractivity contribution in [3.63, 3.8) is 0 Å². The first-order valence-electron chi connectivity index (χ1n) is 8.59. The first kappa shape index (κ1) is 18.3. The third kappa shape index (κ3) is 4.55. The minimum absolute atomic E-state index is 0.0545. The molecule has 2 N–H and O–H groups in total. The van der Waals surface area contributed by atoms with Crippen molar-refractivity contribution in [3.05, 3.63) is 64.7 Å². The SMILES string of the molecule is NC(=O)C1CCN(C(=O)c2cccc(OCc3cccc(Cl)c3)c2)CC1. The zero-order chi connectivity index (χ0) is 18.5. The lowest BCUT2D eigenvalue weighted by atomic mass is 9.96. The van der Waals surface area contributed by atoms with E-state index in [-0.39, 0.29) is 17.7 Å². The van der Waals surface area contributed by atoms with Gasteiger partial charge in [0.1, 0.15) is 12.4 Å². The molecule has 0 bridgehead atoms. The molecule has 0 radical (unpaired) electrons. The summed E-state index contributed by atoms with van der Waals surface area (Å²) in [6.07, 6.45) is 1.23. The van der Waals surface area contributed by atoms with Crippen LogP contribution in [0, 0.1) is 5.92 Å². The number of nitrogens with two attached hydrogens (primary N) is 1. The fraction of sp³-hybridized carbons (Fsp3) is 0.300. The minimum atomic E-state index is -0.284. The molecule has 1 saturated heterocycles. The molecule has 0 unspecified atom stereocenters. The molecule has 0 saturated carbocycles. The summed E-state index contributed by atoms with van der Waals surface area (Å²) in [7, 11) is 0. The summed E-state index contributed by atoms with van der Waals surface area (Å²) in [5.41, 5.74) is 6.88. The Morgan fingerprint density at radius 1 is 1.12 bits per heavy atom. The fourth-order valence-corrected chi connectivity index (χ4v) is 3.27. The van der Waals surface area contributed by atoms with Gasteiger partial charge in [0, 0.05) is 29.6 Å². The molecule has 2 aromatic carbocycles. The van der Waals surface area contributed by atoms with Crippen molar-refractivity contribution in [3.8, 4) is 5.75 Å². The Labute approximate surface area is 157 Å². The quantitative estimate of drug-likeness (QED) is 0.875. The van der Waals surface area contributed by atoms with Gasteiger partial charge in [0.2, 0.25) is 5.91 Å². The Bertz CT molecular complexity index is 801. The van der Waals surface area contributed by atoms with E-state index in [2.05, 4.69) is 0 Å². The lowest BCUT2D eigenvalue weighted by Gasteiger charge is -2.30. The number of primary amides is 1. The van der Waals surface area contributed by atoms with Gasteiger partial charge in [0.25, 0.3) is 5.91 Å². The van der Waals surface area contributed by atoms with E-state index in [1.165, 1.54) is 0 Å². The van der Waals surface area contributed by atoms with Gasteiger partial charge in [0.15, 0.2) is 0 Å². The van der Waals surface area contributed by atoms with Crippen LogP contribution >= 0.6 is 11.6 Å². The van der Waals surface area contributed by atoms with Gasteiger partial charge in [-0.05, 0) is 48.7 Å². The largest absolute Gasteiger partial charge is 0.489 e. The Hall–Kier alpha value is -2.53. The number of amides is 2. The lowest BCUT2D eigenvalue weighted by Crippen LogP contribution is -2.41. The van der Waals surface area contributed by atoms with E-state index in [1.54, 1.807) is 23.1 Å². The maximum absolute atomic E-state index is 12.7. The molecular weight excluding hydrogens is 352 g/mol. The molecule has 0 aromatic heterocycles. The van der Waals surface area contributed by atoms with E-state index in [4.69, 9.17) is 22.1 Å². The summed E-state index contributed by atoms with van der Waals surface area (Å²) in [5.74, 6) is 0.156. The number of piperidine rings is 1. The lowest BCUT2D eigenvalue weighted by molar-refractivity contribution is -0.123. The van der Waals surface area contributed by atoms with Gasteiger partial charge in [-0.25, -0.2) is 0 Å². The summed E-state index contributed by atoms with van der Waals surface area (Å²) < 4.78 is 5.78. The molecule has 26 heavy (non-hydrogen) atoms. The van der Waals surface area contributed by atoms with Crippen LogP contribution in [-0.2, 0) is 11.4 Å². The summed E-state index contributed by atoms with van der Waals surface area (Å²) >= 11 is 5.97. The van der Waals surface area contributed by atoms with Crippen LogP contribution in [0.5, 0.6) is 5.75 Å². The van der Waals surface area contributed by atoms with Crippen molar-refractivity contribution >= 4 is 23.4 Å². The second-order valence-electron chi connectivity index (χ2n) is 6.42. The van der Waals surface area contributed by atoms with Gasteiger partial charge < -0.3 is 15.4 Å². The van der Waals surface area contributed by atoms with Crippen LogP contribution in [0.1, 0.15) is 28.8 Å². The van der Waals surface area contributed by atoms with Gasteiger partial charge in [-0.2, -0.15) is 0 Å². The number of halogens is 1. The van der Waals surface area contributed by atoms with Crippen molar-refractivity contribution in [2.24, 2.45) is 11.7 Å². The molecule has 0 aliphatic carbocycles. The van der Waals surface area contributed by atoms with Gasteiger partial charge >= 0.3 is 0 Å². The molecule has 1 aliphatic rings. The molecular formula is C20H21ClN2O3. The number of benzene rings is 2. The van der Waals surface area contributed by atoms with E-state index in [0.29, 0.717) is 48.9 Å². The molecule has 1 heterocycles. The molecule has 1 aliphatic heterocycles. The molecule has 1 fully saturated rings. The number of carbonyl (C=O) groups is 2. The van der Waals surface area contributed by atoms with Crippen LogP contribution in [-0.4, -0.2) is 29.8 Å². The summed E-state index contributed by atoms with van der Waals surface area (Å²) in [6, 6.07) is 14.6. The Morgan fingerprint density at radius 2 is 1.85 bits per heavy atom. The summed E-state index contributed by atoms with van der Waals surface area (Å²) in [4.78, 5) is 25.7. The number of hydrogen-bond donors (Lipinski definition) is 1. The Balaban J connectivity index is 1.61. The molecule has 6 heteroatoms. The first-order valence-corrected chi connectivity index (χ1v) is 8.96. The zero-order valence-electron chi connectivity index (χ0n) is 14.4. The number of carbonyl (C=O) groups excluding carboxylic acids is 2. The standard InChI is InChI=1S/C20H21ClN2O3/c21-17-5-1-3-14(11-17)13-26-18-6-2-4-16(12-18)20(25)23-9-7-15(8-10-23)19(22)24/h1-6,11-12,15H,7-10,13H2,(H2,22,24). The zero-order valence-corrected chi connectivity index (χ0v) is 15.1. The first-order chi connectivity index (χ1) is 12.5. The normalized spacial score (nSPS) is 14.9. The number of ether oxygens (including phenoxy) is 1. The van der Waals surface area contributed by atoms with E-state index < -0.39 is 0 Å². The Kier molecular flexibility index (Phi) is 5.78. The second-order valence-corrected chi connectivity index (χ2v) is 6.85. The topological polar surface area (TPSA) is 72.6 Å². The van der Waals surface area contributed by atoms with Crippen molar-refractivity contribution in [1.82, 2.24) is 4.90 Å². The average Bonchev–Trinajstić information content (AvgIpc) is 2.66. The number of likely N-dealkylation sites (tertiary alicyclic amines) is 1. The highest BCUT2D eigenvalue weighted by molar-refractivity contribution is 6.30. The highest BCUT2D eigenvalue weighted by Crippen LogP contribution is 2.21. The van der Waals surface area contributed by atoms with Gasteiger partial charge in [-0.15, -0.1) is 0 Å². The van der Waals surface area contributed by atoms with Gasteiger partial charge in [-0.3, -0.25) is 9.59 Å². The van der Waals surface area contributed by atoms with Crippen LogP contribution in [0.15, 0.2) is 48.5 Å². The molecule has 2 amide bonds.